The Labute approximate surface area is 95.6 Å². The predicted molar refractivity (Wildman–Crippen MR) is 63.3 cm³/mol. The van der Waals surface area contributed by atoms with E-state index in [1.807, 2.05) is 32.0 Å². The molecule has 82 valence electrons. The fourth-order valence-electron chi connectivity index (χ4n) is 1.15. The summed E-state index contributed by atoms with van der Waals surface area (Å²) in [5, 5.41) is 2.94. The maximum atomic E-state index is 11.8. The van der Waals surface area contributed by atoms with Crippen molar-refractivity contribution >= 4 is 17.5 Å². The van der Waals surface area contributed by atoms with E-state index in [4.69, 9.17) is 11.6 Å². The standard InChI is InChI=1S/C12H16ClNO/c1-3-12(2,9-13)14-11(15)10-7-5-4-6-8-10/h4-8H,3,9H2,1-2H3,(H,14,15). The second-order valence-electron chi connectivity index (χ2n) is 3.87. The third kappa shape index (κ3) is 3.24. The van der Waals surface area contributed by atoms with Gasteiger partial charge in [-0.15, -0.1) is 11.6 Å². The third-order valence-electron chi connectivity index (χ3n) is 2.53. The summed E-state index contributed by atoms with van der Waals surface area (Å²) in [5.41, 5.74) is 0.344. The van der Waals surface area contributed by atoms with Crippen molar-refractivity contribution in [2.75, 3.05) is 5.88 Å². The summed E-state index contributed by atoms with van der Waals surface area (Å²) in [4.78, 5) is 11.8. The molecule has 0 aliphatic heterocycles. The van der Waals surface area contributed by atoms with Gasteiger partial charge >= 0.3 is 0 Å². The molecular formula is C12H16ClNO. The highest BCUT2D eigenvalue weighted by molar-refractivity contribution is 6.18. The van der Waals surface area contributed by atoms with Gasteiger partial charge in [-0.2, -0.15) is 0 Å². The molecule has 2 nitrogen and oxygen atoms in total. The molecule has 0 aromatic heterocycles. The average Bonchev–Trinajstić information content (AvgIpc) is 2.30. The molecule has 1 unspecified atom stereocenters. The fourth-order valence-corrected chi connectivity index (χ4v) is 1.41. The molecule has 0 spiro atoms. The Hall–Kier alpha value is -1.02. The van der Waals surface area contributed by atoms with E-state index in [1.54, 1.807) is 12.1 Å². The Kier molecular flexibility index (Phi) is 4.15. The minimum absolute atomic E-state index is 0.0689. The molecule has 0 aliphatic carbocycles. The zero-order chi connectivity index (χ0) is 11.3. The summed E-state index contributed by atoms with van der Waals surface area (Å²) in [6.45, 7) is 3.95. The van der Waals surface area contributed by atoms with Gasteiger partial charge in [-0.25, -0.2) is 0 Å². The second kappa shape index (κ2) is 5.17. The van der Waals surface area contributed by atoms with Crippen LogP contribution in [0.1, 0.15) is 30.6 Å². The van der Waals surface area contributed by atoms with E-state index in [-0.39, 0.29) is 11.4 Å². The molecule has 1 aromatic carbocycles. The minimum atomic E-state index is -0.325. The summed E-state index contributed by atoms with van der Waals surface area (Å²) < 4.78 is 0. The summed E-state index contributed by atoms with van der Waals surface area (Å²) in [5.74, 6) is 0.350. The normalized spacial score (nSPS) is 14.3. The lowest BCUT2D eigenvalue weighted by atomic mass is 10.0. The van der Waals surface area contributed by atoms with Crippen molar-refractivity contribution in [3.63, 3.8) is 0 Å². The highest BCUT2D eigenvalue weighted by Gasteiger charge is 2.23. The monoisotopic (exact) mass is 225 g/mol. The van der Waals surface area contributed by atoms with Crippen molar-refractivity contribution in [3.8, 4) is 0 Å². The van der Waals surface area contributed by atoms with Crippen LogP contribution in [-0.2, 0) is 0 Å². The lowest BCUT2D eigenvalue weighted by Gasteiger charge is -2.27. The molecule has 1 rings (SSSR count). The number of rotatable bonds is 4. The molecule has 1 aromatic rings. The van der Waals surface area contributed by atoms with Gasteiger partial charge in [0.2, 0.25) is 0 Å². The van der Waals surface area contributed by atoms with Crippen molar-refractivity contribution in [1.82, 2.24) is 5.32 Å². The predicted octanol–water partition coefficient (Wildman–Crippen LogP) is 2.82. The van der Waals surface area contributed by atoms with Crippen LogP contribution < -0.4 is 5.32 Å². The molecule has 1 atom stereocenters. The van der Waals surface area contributed by atoms with Gasteiger partial charge in [-0.1, -0.05) is 25.1 Å². The average molecular weight is 226 g/mol. The number of benzene rings is 1. The van der Waals surface area contributed by atoms with E-state index < -0.39 is 0 Å². The van der Waals surface area contributed by atoms with Gasteiger partial charge in [-0.3, -0.25) is 4.79 Å². The molecule has 1 N–H and O–H groups in total. The molecule has 0 saturated carbocycles. The Morgan fingerprint density at radius 3 is 2.47 bits per heavy atom. The zero-order valence-corrected chi connectivity index (χ0v) is 9.84. The number of carbonyl (C=O) groups excluding carboxylic acids is 1. The zero-order valence-electron chi connectivity index (χ0n) is 9.09. The van der Waals surface area contributed by atoms with Crippen molar-refractivity contribution in [3.05, 3.63) is 35.9 Å². The van der Waals surface area contributed by atoms with Crippen molar-refractivity contribution in [2.45, 2.75) is 25.8 Å². The van der Waals surface area contributed by atoms with Gasteiger partial charge in [0.25, 0.3) is 5.91 Å². The van der Waals surface area contributed by atoms with E-state index in [1.165, 1.54) is 0 Å². The van der Waals surface area contributed by atoms with Gasteiger partial charge in [0.15, 0.2) is 0 Å². The third-order valence-corrected chi connectivity index (χ3v) is 3.12. The van der Waals surface area contributed by atoms with E-state index in [2.05, 4.69) is 5.32 Å². The first-order chi connectivity index (χ1) is 7.11. The van der Waals surface area contributed by atoms with Crippen molar-refractivity contribution in [2.24, 2.45) is 0 Å². The molecule has 1 amide bonds. The lowest BCUT2D eigenvalue weighted by molar-refractivity contribution is 0.0912. The number of amides is 1. The van der Waals surface area contributed by atoms with Crippen molar-refractivity contribution in [1.29, 1.82) is 0 Å². The largest absolute Gasteiger partial charge is 0.346 e. The first-order valence-corrected chi connectivity index (χ1v) is 5.58. The molecule has 3 heteroatoms. The fraction of sp³-hybridized carbons (Fsp3) is 0.417. The maximum Gasteiger partial charge on any atom is 0.251 e. The van der Waals surface area contributed by atoms with E-state index in [0.29, 0.717) is 11.4 Å². The Balaban J connectivity index is 2.72. The van der Waals surface area contributed by atoms with E-state index in [0.717, 1.165) is 6.42 Å². The molecule has 0 bridgehead atoms. The second-order valence-corrected chi connectivity index (χ2v) is 4.14. The molecule has 0 saturated heterocycles. The van der Waals surface area contributed by atoms with Crippen LogP contribution in [0.5, 0.6) is 0 Å². The first-order valence-electron chi connectivity index (χ1n) is 5.05. The Morgan fingerprint density at radius 1 is 1.40 bits per heavy atom. The number of halogens is 1. The lowest BCUT2D eigenvalue weighted by Crippen LogP contribution is -2.47. The van der Waals surface area contributed by atoms with Crippen LogP contribution in [0, 0.1) is 0 Å². The van der Waals surface area contributed by atoms with Crippen LogP contribution >= 0.6 is 11.6 Å². The van der Waals surface area contributed by atoms with Gasteiger partial charge in [0.05, 0.1) is 5.54 Å². The van der Waals surface area contributed by atoms with Gasteiger partial charge < -0.3 is 5.32 Å². The Morgan fingerprint density at radius 2 is 2.00 bits per heavy atom. The molecule has 0 fully saturated rings. The Bertz CT molecular complexity index is 320. The highest BCUT2D eigenvalue weighted by atomic mass is 35.5. The van der Waals surface area contributed by atoms with Crippen LogP contribution in [0.15, 0.2) is 30.3 Å². The summed E-state index contributed by atoms with van der Waals surface area (Å²) in [6, 6.07) is 9.16. The maximum absolute atomic E-state index is 11.8. The van der Waals surface area contributed by atoms with Crippen LogP contribution in [0.4, 0.5) is 0 Å². The van der Waals surface area contributed by atoms with Crippen LogP contribution in [-0.4, -0.2) is 17.3 Å². The minimum Gasteiger partial charge on any atom is -0.346 e. The number of hydrogen-bond donors (Lipinski definition) is 1. The highest BCUT2D eigenvalue weighted by Crippen LogP contribution is 2.12. The van der Waals surface area contributed by atoms with E-state index in [9.17, 15) is 4.79 Å². The van der Waals surface area contributed by atoms with Crippen molar-refractivity contribution < 1.29 is 4.79 Å². The van der Waals surface area contributed by atoms with Gasteiger partial charge in [0.1, 0.15) is 0 Å². The summed E-state index contributed by atoms with van der Waals surface area (Å²) in [7, 11) is 0. The number of nitrogens with one attached hydrogen (secondary N) is 1. The molecule has 0 heterocycles. The quantitative estimate of drug-likeness (QED) is 0.785. The van der Waals surface area contributed by atoms with Gasteiger partial charge in [0, 0.05) is 11.4 Å². The summed E-state index contributed by atoms with van der Waals surface area (Å²) >= 11 is 5.83. The van der Waals surface area contributed by atoms with E-state index >= 15 is 0 Å². The van der Waals surface area contributed by atoms with Crippen LogP contribution in [0.25, 0.3) is 0 Å². The first kappa shape index (κ1) is 12.1. The number of carbonyl (C=O) groups is 1. The van der Waals surface area contributed by atoms with Crippen LogP contribution in [0.3, 0.4) is 0 Å². The molecular weight excluding hydrogens is 210 g/mol. The van der Waals surface area contributed by atoms with Gasteiger partial charge in [-0.05, 0) is 25.5 Å². The molecule has 0 aliphatic rings. The molecule has 0 radical (unpaired) electrons. The SMILES string of the molecule is CCC(C)(CCl)NC(=O)c1ccccc1. The summed E-state index contributed by atoms with van der Waals surface area (Å²) in [6.07, 6.45) is 0.815. The smallest absolute Gasteiger partial charge is 0.251 e. The number of alkyl halides is 1. The molecule has 15 heavy (non-hydrogen) atoms. The topological polar surface area (TPSA) is 29.1 Å². The van der Waals surface area contributed by atoms with Crippen LogP contribution in [0.2, 0.25) is 0 Å². The number of hydrogen-bond acceptors (Lipinski definition) is 1.